The van der Waals surface area contributed by atoms with E-state index in [-0.39, 0.29) is 17.3 Å². The van der Waals surface area contributed by atoms with E-state index in [0.29, 0.717) is 17.6 Å². The fourth-order valence-electron chi connectivity index (χ4n) is 7.36. The smallest absolute Gasteiger partial charge is 0.125 e. The summed E-state index contributed by atoms with van der Waals surface area (Å²) in [6.45, 7) is 13.1. The molecule has 252 valence electrons. The topological polar surface area (TPSA) is 60.7 Å². The Morgan fingerprint density at radius 3 is 1.57 bits per heavy atom. The zero-order chi connectivity index (χ0) is 36.0. The van der Waals surface area contributed by atoms with Gasteiger partial charge in [0.1, 0.15) is 17.3 Å². The monoisotopic (exact) mass is 666 g/mol. The molecule has 0 fully saturated rings. The number of allylic oxidation sites excluding steroid dienone is 7. The third-order valence-corrected chi connectivity index (χ3v) is 10.7. The lowest BCUT2D eigenvalue weighted by Crippen LogP contribution is -1.98. The largest absolute Gasteiger partial charge is 0.508 e. The number of aliphatic hydroxyl groups is 3. The molecule has 0 saturated carbocycles. The second kappa shape index (κ2) is 13.3. The molecule has 0 radical (unpaired) electrons. The molecule has 3 nitrogen and oxygen atoms in total. The Bertz CT molecular complexity index is 2510. The summed E-state index contributed by atoms with van der Waals surface area (Å²) in [6, 6.07) is 41.1. The lowest BCUT2D eigenvalue weighted by atomic mass is 9.86. The summed E-state index contributed by atoms with van der Waals surface area (Å²) in [7, 11) is 0. The quantitative estimate of drug-likeness (QED) is 0.0903. The predicted octanol–water partition coefficient (Wildman–Crippen LogP) is 13.7. The average Bonchev–Trinajstić information content (AvgIpc) is 3.46. The standard InChI is InChI=1S/C48H42O3/c1-28(29(2)47(50)43-27-44(31(4)30(43)3)48(51)32(5)33(6)49)24-45-39-16-10-12-18-41(39)46(42-19-13-11-17-40(42)45)38-23-22-36-25-35(20-21-37(36)26-38)34-14-8-7-9-15-34/h7-26,49-51H,6,27H2,1-5H3/b28-24+,47-29+,48-32+. The SMILES string of the molecule is C=C(O)/C(C)=C(/O)C1=C(C)C(C)=C(/C(O)=C(C)\C(C)=C\c2c3ccccc3c(-c3ccc4cc(-c5ccccc5)ccc4c3)c3ccccc23)C1. The van der Waals surface area contributed by atoms with Crippen molar-refractivity contribution in [3.63, 3.8) is 0 Å². The van der Waals surface area contributed by atoms with Crippen molar-refractivity contribution in [2.75, 3.05) is 0 Å². The highest BCUT2D eigenvalue weighted by atomic mass is 16.3. The Morgan fingerprint density at radius 2 is 1.02 bits per heavy atom. The van der Waals surface area contributed by atoms with Crippen molar-refractivity contribution in [2.45, 2.75) is 41.0 Å². The Labute approximate surface area is 299 Å². The summed E-state index contributed by atoms with van der Waals surface area (Å²) in [4.78, 5) is 0. The minimum Gasteiger partial charge on any atom is -0.508 e. The van der Waals surface area contributed by atoms with Crippen molar-refractivity contribution in [1.29, 1.82) is 0 Å². The van der Waals surface area contributed by atoms with E-state index >= 15 is 0 Å². The number of rotatable bonds is 7. The van der Waals surface area contributed by atoms with E-state index < -0.39 is 0 Å². The Kier molecular flexibility index (Phi) is 8.74. The second-order valence-electron chi connectivity index (χ2n) is 13.6. The van der Waals surface area contributed by atoms with Gasteiger partial charge in [-0.25, -0.2) is 0 Å². The summed E-state index contributed by atoms with van der Waals surface area (Å²) in [6.07, 6.45) is 2.55. The summed E-state index contributed by atoms with van der Waals surface area (Å²) < 4.78 is 0. The minimum absolute atomic E-state index is 0.00782. The predicted molar refractivity (Wildman–Crippen MR) is 216 cm³/mol. The summed E-state index contributed by atoms with van der Waals surface area (Å²) in [5.74, 6) is 0.0475. The molecular formula is C48H42O3. The van der Waals surface area contributed by atoms with Crippen LogP contribution in [0.25, 0.3) is 60.6 Å². The lowest BCUT2D eigenvalue weighted by Gasteiger charge is -2.17. The van der Waals surface area contributed by atoms with Crippen molar-refractivity contribution in [3.05, 3.63) is 184 Å². The average molecular weight is 667 g/mol. The van der Waals surface area contributed by atoms with Gasteiger partial charge in [0.2, 0.25) is 0 Å². The fourth-order valence-corrected chi connectivity index (χ4v) is 7.36. The van der Waals surface area contributed by atoms with E-state index in [1.807, 2.05) is 33.8 Å². The molecule has 0 saturated heterocycles. The third kappa shape index (κ3) is 5.95. The molecule has 6 aromatic rings. The Balaban J connectivity index is 1.33. The third-order valence-electron chi connectivity index (χ3n) is 10.7. The maximum absolute atomic E-state index is 11.7. The summed E-state index contributed by atoms with van der Waals surface area (Å²) in [5.41, 5.74) is 11.2. The van der Waals surface area contributed by atoms with Gasteiger partial charge in [-0.1, -0.05) is 116 Å². The van der Waals surface area contributed by atoms with Crippen LogP contribution in [0, 0.1) is 0 Å². The molecule has 3 heteroatoms. The van der Waals surface area contributed by atoms with Crippen LogP contribution in [0.4, 0.5) is 0 Å². The van der Waals surface area contributed by atoms with E-state index in [4.69, 9.17) is 0 Å². The highest BCUT2D eigenvalue weighted by Gasteiger charge is 2.26. The molecule has 0 heterocycles. The molecule has 0 atom stereocenters. The molecule has 1 aliphatic rings. The van der Waals surface area contributed by atoms with Crippen molar-refractivity contribution >= 4 is 38.4 Å². The van der Waals surface area contributed by atoms with E-state index in [1.54, 1.807) is 6.92 Å². The van der Waals surface area contributed by atoms with Gasteiger partial charge in [0.15, 0.2) is 0 Å². The highest BCUT2D eigenvalue weighted by Crippen LogP contribution is 2.43. The van der Waals surface area contributed by atoms with Gasteiger partial charge in [0.05, 0.1) is 0 Å². The molecule has 3 N–H and O–H groups in total. The minimum atomic E-state index is -0.169. The summed E-state index contributed by atoms with van der Waals surface area (Å²) in [5, 5.41) is 39.5. The number of hydrogen-bond acceptors (Lipinski definition) is 3. The van der Waals surface area contributed by atoms with Crippen molar-refractivity contribution in [3.8, 4) is 22.3 Å². The first-order chi connectivity index (χ1) is 24.5. The van der Waals surface area contributed by atoms with Crippen LogP contribution in [0.3, 0.4) is 0 Å². The van der Waals surface area contributed by atoms with Crippen molar-refractivity contribution < 1.29 is 15.3 Å². The van der Waals surface area contributed by atoms with Gasteiger partial charge in [-0.3, -0.25) is 0 Å². The summed E-state index contributed by atoms with van der Waals surface area (Å²) >= 11 is 0. The molecule has 1 aliphatic carbocycles. The van der Waals surface area contributed by atoms with Gasteiger partial charge in [-0.2, -0.15) is 0 Å². The zero-order valence-electron chi connectivity index (χ0n) is 29.8. The fraction of sp³-hybridized carbons (Fsp3) is 0.125. The first kappa shape index (κ1) is 33.4. The van der Waals surface area contributed by atoms with Crippen LogP contribution in [0.5, 0.6) is 0 Å². The van der Waals surface area contributed by atoms with Gasteiger partial charge in [-0.15, -0.1) is 0 Å². The van der Waals surface area contributed by atoms with Crippen LogP contribution >= 0.6 is 0 Å². The molecular weight excluding hydrogens is 625 g/mol. The van der Waals surface area contributed by atoms with Gasteiger partial charge in [-0.05, 0) is 129 Å². The van der Waals surface area contributed by atoms with Crippen LogP contribution in [0.1, 0.15) is 46.6 Å². The molecule has 0 amide bonds. The Morgan fingerprint density at radius 1 is 0.549 bits per heavy atom. The van der Waals surface area contributed by atoms with E-state index in [1.165, 1.54) is 43.8 Å². The molecule has 6 aromatic carbocycles. The normalized spacial score (nSPS) is 14.8. The van der Waals surface area contributed by atoms with Gasteiger partial charge >= 0.3 is 0 Å². The van der Waals surface area contributed by atoms with Crippen LogP contribution in [-0.2, 0) is 0 Å². The maximum Gasteiger partial charge on any atom is 0.125 e. The first-order valence-electron chi connectivity index (χ1n) is 17.4. The molecule has 0 spiro atoms. The number of benzene rings is 6. The van der Waals surface area contributed by atoms with Gasteiger partial charge in [0, 0.05) is 23.1 Å². The maximum atomic E-state index is 11.7. The highest BCUT2D eigenvalue weighted by molar-refractivity contribution is 6.18. The van der Waals surface area contributed by atoms with Gasteiger partial charge in [0.25, 0.3) is 0 Å². The van der Waals surface area contributed by atoms with Crippen molar-refractivity contribution in [1.82, 2.24) is 0 Å². The molecule has 0 bridgehead atoms. The molecule has 0 unspecified atom stereocenters. The molecule has 7 rings (SSSR count). The van der Waals surface area contributed by atoms with Crippen LogP contribution in [0.15, 0.2) is 178 Å². The molecule has 0 aliphatic heterocycles. The molecule has 51 heavy (non-hydrogen) atoms. The Hall–Kier alpha value is -6.06. The van der Waals surface area contributed by atoms with Crippen molar-refractivity contribution in [2.24, 2.45) is 0 Å². The second-order valence-corrected chi connectivity index (χ2v) is 13.6. The number of fused-ring (bicyclic) bond motifs is 3. The van der Waals surface area contributed by atoms with E-state index in [2.05, 4.69) is 122 Å². The van der Waals surface area contributed by atoms with Crippen LogP contribution in [-0.4, -0.2) is 15.3 Å². The van der Waals surface area contributed by atoms with Crippen LogP contribution in [0.2, 0.25) is 0 Å². The number of aliphatic hydroxyl groups excluding tert-OH is 3. The first-order valence-corrected chi connectivity index (χ1v) is 17.4. The lowest BCUT2D eigenvalue weighted by molar-refractivity contribution is 0.385. The van der Waals surface area contributed by atoms with E-state index in [0.717, 1.165) is 44.2 Å². The number of hydrogen-bond donors (Lipinski definition) is 3. The van der Waals surface area contributed by atoms with Gasteiger partial charge < -0.3 is 15.3 Å². The van der Waals surface area contributed by atoms with Crippen LogP contribution < -0.4 is 0 Å². The van der Waals surface area contributed by atoms with E-state index in [9.17, 15) is 15.3 Å². The molecule has 0 aromatic heterocycles. The zero-order valence-corrected chi connectivity index (χ0v) is 29.8.